The number of rotatable bonds is 6. The van der Waals surface area contributed by atoms with Gasteiger partial charge < -0.3 is 9.84 Å². The Kier molecular flexibility index (Phi) is 6.34. The smallest absolute Gasteiger partial charge is 0.306 e. The minimum Gasteiger partial charge on any atom is -0.490 e. The highest BCUT2D eigenvalue weighted by Gasteiger charge is 2.37. The molecule has 178 valence electrons. The monoisotopic (exact) mass is 450 g/mol. The van der Waals surface area contributed by atoms with E-state index in [2.05, 4.69) is 49.1 Å². The lowest BCUT2D eigenvalue weighted by Gasteiger charge is -2.45. The van der Waals surface area contributed by atoms with Gasteiger partial charge in [-0.15, -0.1) is 0 Å². The van der Waals surface area contributed by atoms with Crippen LogP contribution in [0.25, 0.3) is 10.9 Å². The minimum atomic E-state index is -0.604. The number of carboxylic acid groups (broad SMARTS) is 1. The van der Waals surface area contributed by atoms with Crippen molar-refractivity contribution >= 4 is 16.9 Å². The van der Waals surface area contributed by atoms with Crippen LogP contribution in [0.3, 0.4) is 0 Å². The molecule has 0 spiro atoms. The third kappa shape index (κ3) is 5.34. The fourth-order valence-corrected chi connectivity index (χ4v) is 6.14. The minimum absolute atomic E-state index is 0.126. The van der Waals surface area contributed by atoms with Crippen molar-refractivity contribution in [3.63, 3.8) is 0 Å². The van der Waals surface area contributed by atoms with Crippen molar-refractivity contribution in [2.45, 2.75) is 77.9 Å². The third-order valence-corrected chi connectivity index (χ3v) is 8.41. The van der Waals surface area contributed by atoms with Crippen LogP contribution in [0.1, 0.15) is 70.9 Å². The highest BCUT2D eigenvalue weighted by molar-refractivity contribution is 5.80. The van der Waals surface area contributed by atoms with Gasteiger partial charge >= 0.3 is 5.97 Å². The molecule has 2 saturated carbocycles. The van der Waals surface area contributed by atoms with E-state index in [4.69, 9.17) is 9.72 Å². The second-order valence-electron chi connectivity index (χ2n) is 11.6. The fraction of sp³-hybridized carbons (Fsp3) is 0.643. The number of benzene rings is 1. The number of fused-ring (bicyclic) bond motifs is 1. The Bertz CT molecular complexity index is 988. The van der Waals surface area contributed by atoms with Crippen LogP contribution in [0.15, 0.2) is 30.3 Å². The molecule has 2 atom stereocenters. The quantitative estimate of drug-likeness (QED) is 0.593. The molecular weight excluding hydrogens is 412 g/mol. The third-order valence-electron chi connectivity index (χ3n) is 8.41. The fourth-order valence-electron chi connectivity index (χ4n) is 6.14. The van der Waals surface area contributed by atoms with Gasteiger partial charge in [0, 0.05) is 25.0 Å². The molecule has 33 heavy (non-hydrogen) atoms. The summed E-state index contributed by atoms with van der Waals surface area (Å²) in [5.74, 6) is 1.46. The number of hydrogen-bond acceptors (Lipinski definition) is 4. The van der Waals surface area contributed by atoms with Crippen molar-refractivity contribution in [3.8, 4) is 5.75 Å². The van der Waals surface area contributed by atoms with E-state index in [0.29, 0.717) is 23.4 Å². The molecule has 1 aromatic carbocycles. The van der Waals surface area contributed by atoms with Crippen LogP contribution >= 0.6 is 0 Å². The number of likely N-dealkylation sites (tertiary alicyclic amines) is 1. The molecule has 0 radical (unpaired) electrons. The van der Waals surface area contributed by atoms with Crippen molar-refractivity contribution in [1.82, 2.24) is 9.88 Å². The number of ether oxygens (including phenoxy) is 1. The normalized spacial score (nSPS) is 26.7. The molecule has 1 aromatic heterocycles. The van der Waals surface area contributed by atoms with E-state index in [1.165, 1.54) is 19.3 Å². The molecule has 5 nitrogen and oxygen atoms in total. The largest absolute Gasteiger partial charge is 0.490 e. The SMILES string of the molecule is CC1(C)CCC(Oc2ccc3nc(CN4CC([C@@H]5CCC[C@H](C(=O)O)C5)C4)ccc3c2)CC1. The van der Waals surface area contributed by atoms with Gasteiger partial charge in [-0.1, -0.05) is 32.8 Å². The average molecular weight is 451 g/mol. The maximum absolute atomic E-state index is 11.4. The Morgan fingerprint density at radius 3 is 2.64 bits per heavy atom. The van der Waals surface area contributed by atoms with Crippen molar-refractivity contribution < 1.29 is 14.6 Å². The molecule has 0 bridgehead atoms. The zero-order chi connectivity index (χ0) is 23.0. The first-order chi connectivity index (χ1) is 15.8. The van der Waals surface area contributed by atoms with Gasteiger partial charge in [-0.25, -0.2) is 0 Å². The molecule has 2 heterocycles. The summed E-state index contributed by atoms with van der Waals surface area (Å²) < 4.78 is 6.30. The van der Waals surface area contributed by atoms with Gasteiger partial charge in [0.15, 0.2) is 0 Å². The van der Waals surface area contributed by atoms with E-state index in [1.807, 2.05) is 0 Å². The Balaban J connectivity index is 1.14. The van der Waals surface area contributed by atoms with Gasteiger partial charge in [-0.3, -0.25) is 14.7 Å². The molecule has 2 aliphatic carbocycles. The second kappa shape index (κ2) is 9.25. The van der Waals surface area contributed by atoms with Gasteiger partial charge in [-0.05, 0) is 80.0 Å². The molecule has 1 saturated heterocycles. The number of hydrogen-bond donors (Lipinski definition) is 1. The number of carbonyl (C=O) groups is 1. The molecule has 2 aromatic rings. The van der Waals surface area contributed by atoms with Gasteiger partial charge in [0.05, 0.1) is 23.2 Å². The zero-order valence-corrected chi connectivity index (χ0v) is 20.1. The maximum Gasteiger partial charge on any atom is 0.306 e. The molecule has 5 heteroatoms. The molecular formula is C28H38N2O3. The summed E-state index contributed by atoms with van der Waals surface area (Å²) in [6.45, 7) is 7.72. The summed E-state index contributed by atoms with van der Waals surface area (Å²) in [5, 5.41) is 10.5. The maximum atomic E-state index is 11.4. The topological polar surface area (TPSA) is 62.7 Å². The zero-order valence-electron chi connectivity index (χ0n) is 20.1. The van der Waals surface area contributed by atoms with Gasteiger partial charge in [0.2, 0.25) is 0 Å². The molecule has 1 N–H and O–H groups in total. The number of aliphatic carboxylic acids is 1. The van der Waals surface area contributed by atoms with Crippen molar-refractivity contribution in [1.29, 1.82) is 0 Å². The molecule has 0 unspecified atom stereocenters. The van der Waals surface area contributed by atoms with Crippen LogP contribution in [-0.4, -0.2) is 40.2 Å². The highest BCUT2D eigenvalue weighted by atomic mass is 16.5. The first-order valence-electron chi connectivity index (χ1n) is 12.9. The Morgan fingerprint density at radius 2 is 1.88 bits per heavy atom. The van der Waals surface area contributed by atoms with E-state index in [9.17, 15) is 9.90 Å². The number of aromatic nitrogens is 1. The lowest BCUT2D eigenvalue weighted by atomic mass is 9.72. The van der Waals surface area contributed by atoms with Crippen molar-refractivity contribution in [3.05, 3.63) is 36.0 Å². The van der Waals surface area contributed by atoms with Crippen LogP contribution in [0, 0.1) is 23.2 Å². The summed E-state index contributed by atoms with van der Waals surface area (Å²) in [4.78, 5) is 18.7. The lowest BCUT2D eigenvalue weighted by Crippen LogP contribution is -2.50. The average Bonchev–Trinajstić information content (AvgIpc) is 2.77. The molecule has 5 rings (SSSR count). The molecule has 3 fully saturated rings. The summed E-state index contributed by atoms with van der Waals surface area (Å²) >= 11 is 0. The lowest BCUT2D eigenvalue weighted by molar-refractivity contribution is -0.144. The van der Waals surface area contributed by atoms with Crippen molar-refractivity contribution in [2.75, 3.05) is 13.1 Å². The molecule has 3 aliphatic rings. The van der Waals surface area contributed by atoms with E-state index in [0.717, 1.165) is 74.1 Å². The number of pyridine rings is 1. The van der Waals surface area contributed by atoms with Crippen LogP contribution in [0.2, 0.25) is 0 Å². The van der Waals surface area contributed by atoms with E-state index >= 15 is 0 Å². The van der Waals surface area contributed by atoms with Crippen molar-refractivity contribution in [2.24, 2.45) is 23.2 Å². The summed E-state index contributed by atoms with van der Waals surface area (Å²) in [7, 11) is 0. The van der Waals surface area contributed by atoms with Crippen LogP contribution in [0.5, 0.6) is 5.75 Å². The van der Waals surface area contributed by atoms with Crippen LogP contribution in [0.4, 0.5) is 0 Å². The van der Waals surface area contributed by atoms with Crippen LogP contribution < -0.4 is 4.74 Å². The highest BCUT2D eigenvalue weighted by Crippen LogP contribution is 2.39. The Morgan fingerprint density at radius 1 is 1.09 bits per heavy atom. The summed E-state index contributed by atoms with van der Waals surface area (Å²) in [5.41, 5.74) is 2.59. The summed E-state index contributed by atoms with van der Waals surface area (Å²) in [6.07, 6.45) is 9.04. The van der Waals surface area contributed by atoms with E-state index in [-0.39, 0.29) is 5.92 Å². The molecule has 0 amide bonds. The summed E-state index contributed by atoms with van der Waals surface area (Å²) in [6, 6.07) is 10.6. The number of nitrogens with zero attached hydrogens (tertiary/aromatic N) is 2. The predicted molar refractivity (Wildman–Crippen MR) is 130 cm³/mol. The first-order valence-corrected chi connectivity index (χ1v) is 12.9. The second-order valence-corrected chi connectivity index (χ2v) is 11.6. The standard InChI is InChI=1S/C28H38N2O3/c1-28(2)12-10-24(11-13-28)33-25-8-9-26-20(15-25)6-7-23(29-26)18-30-16-22(17-30)19-4-3-5-21(14-19)27(31)32/h6-9,15,19,21-22,24H,3-5,10-14,16-18H2,1-2H3,(H,31,32)/t19-,21+/m1/s1. The van der Waals surface area contributed by atoms with Gasteiger partial charge in [0.1, 0.15) is 5.75 Å². The Labute approximate surface area is 197 Å². The Hall–Kier alpha value is -2.14. The van der Waals surface area contributed by atoms with Gasteiger partial charge in [0.25, 0.3) is 0 Å². The first kappa shape index (κ1) is 22.6. The molecule has 1 aliphatic heterocycles. The van der Waals surface area contributed by atoms with Crippen LogP contribution in [-0.2, 0) is 11.3 Å². The van der Waals surface area contributed by atoms with E-state index < -0.39 is 5.97 Å². The van der Waals surface area contributed by atoms with E-state index in [1.54, 1.807) is 0 Å². The number of carboxylic acids is 1. The van der Waals surface area contributed by atoms with Gasteiger partial charge in [-0.2, -0.15) is 0 Å². The predicted octanol–water partition coefficient (Wildman–Crippen LogP) is 5.91.